The molecular formula is C25H30F2N2O2. The van der Waals surface area contributed by atoms with Gasteiger partial charge in [-0.2, -0.15) is 0 Å². The second-order valence-corrected chi connectivity index (χ2v) is 8.70. The lowest BCUT2D eigenvalue weighted by molar-refractivity contribution is -0.136. The van der Waals surface area contributed by atoms with Crippen LogP contribution in [0.3, 0.4) is 0 Å². The van der Waals surface area contributed by atoms with Crippen molar-refractivity contribution >= 4 is 5.91 Å². The average molecular weight is 429 g/mol. The van der Waals surface area contributed by atoms with E-state index in [0.717, 1.165) is 36.8 Å². The summed E-state index contributed by atoms with van der Waals surface area (Å²) in [7, 11) is 0. The van der Waals surface area contributed by atoms with Gasteiger partial charge in [-0.05, 0) is 74.0 Å². The molecule has 0 radical (unpaired) electrons. The monoisotopic (exact) mass is 428 g/mol. The van der Waals surface area contributed by atoms with Crippen LogP contribution in [0.15, 0.2) is 42.5 Å². The summed E-state index contributed by atoms with van der Waals surface area (Å²) >= 11 is 0. The lowest BCUT2D eigenvalue weighted by atomic mass is 9.74. The molecular weight excluding hydrogens is 398 g/mol. The summed E-state index contributed by atoms with van der Waals surface area (Å²) in [6.45, 7) is 4.93. The zero-order chi connectivity index (χ0) is 21.7. The number of nitrogens with zero attached hydrogens (tertiary/aromatic N) is 1. The molecule has 1 amide bonds. The number of hydrogen-bond acceptors (Lipinski definition) is 3. The molecule has 2 fully saturated rings. The van der Waals surface area contributed by atoms with E-state index in [1.165, 1.54) is 18.9 Å². The summed E-state index contributed by atoms with van der Waals surface area (Å²) in [5, 5.41) is 3.17. The molecule has 2 aromatic rings. The van der Waals surface area contributed by atoms with Crippen LogP contribution in [-0.2, 0) is 16.0 Å². The van der Waals surface area contributed by atoms with Gasteiger partial charge in [-0.3, -0.25) is 4.79 Å². The minimum atomic E-state index is -0.860. The van der Waals surface area contributed by atoms with Crippen molar-refractivity contribution in [2.24, 2.45) is 5.41 Å². The van der Waals surface area contributed by atoms with Crippen molar-refractivity contribution in [3.8, 4) is 11.1 Å². The van der Waals surface area contributed by atoms with Gasteiger partial charge in [-0.25, -0.2) is 8.78 Å². The Morgan fingerprint density at radius 1 is 1.00 bits per heavy atom. The summed E-state index contributed by atoms with van der Waals surface area (Å²) in [6.07, 6.45) is 4.44. The first kappa shape index (κ1) is 21.9. The van der Waals surface area contributed by atoms with Crippen LogP contribution < -0.4 is 5.32 Å². The van der Waals surface area contributed by atoms with Gasteiger partial charge in [0.1, 0.15) is 0 Å². The molecule has 2 saturated heterocycles. The van der Waals surface area contributed by atoms with Crippen molar-refractivity contribution in [2.45, 2.75) is 32.1 Å². The maximum atomic E-state index is 13.7. The number of nitrogens with one attached hydrogen (secondary N) is 1. The fourth-order valence-corrected chi connectivity index (χ4v) is 4.69. The molecule has 0 aromatic heterocycles. The molecule has 2 aliphatic heterocycles. The van der Waals surface area contributed by atoms with Crippen LogP contribution in [0.2, 0.25) is 0 Å². The predicted molar refractivity (Wildman–Crippen MR) is 117 cm³/mol. The minimum Gasteiger partial charge on any atom is -0.381 e. The maximum absolute atomic E-state index is 13.7. The third kappa shape index (κ3) is 5.31. The van der Waals surface area contributed by atoms with Gasteiger partial charge in [0.25, 0.3) is 0 Å². The number of benzene rings is 2. The van der Waals surface area contributed by atoms with E-state index in [2.05, 4.69) is 10.2 Å². The Labute approximate surface area is 182 Å². The highest BCUT2D eigenvalue weighted by molar-refractivity contribution is 5.83. The van der Waals surface area contributed by atoms with Gasteiger partial charge in [0.15, 0.2) is 11.6 Å². The lowest BCUT2D eigenvalue weighted by Crippen LogP contribution is -2.47. The number of hydrogen-bond donors (Lipinski definition) is 1. The summed E-state index contributed by atoms with van der Waals surface area (Å²) in [5.74, 6) is -1.62. The van der Waals surface area contributed by atoms with Crippen LogP contribution in [0.4, 0.5) is 8.78 Å². The average Bonchev–Trinajstić information content (AvgIpc) is 3.30. The number of halogens is 2. The van der Waals surface area contributed by atoms with E-state index in [0.29, 0.717) is 44.6 Å². The van der Waals surface area contributed by atoms with Crippen molar-refractivity contribution in [2.75, 3.05) is 39.4 Å². The third-order valence-electron chi connectivity index (χ3n) is 6.57. The van der Waals surface area contributed by atoms with Gasteiger partial charge in [0, 0.05) is 26.3 Å². The highest BCUT2D eigenvalue weighted by atomic mass is 19.2. The van der Waals surface area contributed by atoms with E-state index in [-0.39, 0.29) is 5.91 Å². The first-order valence-corrected chi connectivity index (χ1v) is 11.2. The molecule has 0 unspecified atom stereocenters. The van der Waals surface area contributed by atoms with Gasteiger partial charge >= 0.3 is 0 Å². The Kier molecular flexibility index (Phi) is 6.98. The van der Waals surface area contributed by atoms with Crippen molar-refractivity contribution in [1.82, 2.24) is 10.2 Å². The van der Waals surface area contributed by atoms with E-state index >= 15 is 0 Å². The molecule has 2 aromatic carbocycles. The van der Waals surface area contributed by atoms with Crippen molar-refractivity contribution in [3.05, 3.63) is 59.7 Å². The fraction of sp³-hybridized carbons (Fsp3) is 0.480. The van der Waals surface area contributed by atoms with Gasteiger partial charge in [0.2, 0.25) is 5.91 Å². The van der Waals surface area contributed by atoms with Gasteiger partial charge in [-0.1, -0.05) is 30.3 Å². The minimum absolute atomic E-state index is 0.0910. The smallest absolute Gasteiger partial charge is 0.226 e. The predicted octanol–water partition coefficient (Wildman–Crippen LogP) is 4.18. The third-order valence-corrected chi connectivity index (χ3v) is 6.57. The molecule has 0 spiro atoms. The number of carbonyl (C=O) groups is 1. The summed E-state index contributed by atoms with van der Waals surface area (Å²) in [5.41, 5.74) is 1.94. The molecule has 1 N–H and O–H groups in total. The topological polar surface area (TPSA) is 41.6 Å². The Morgan fingerprint density at radius 3 is 2.48 bits per heavy atom. The van der Waals surface area contributed by atoms with Gasteiger partial charge in [-0.15, -0.1) is 0 Å². The highest BCUT2D eigenvalue weighted by Gasteiger charge is 2.40. The van der Waals surface area contributed by atoms with E-state index in [1.54, 1.807) is 6.07 Å². The number of ether oxygens (including phenoxy) is 1. The molecule has 0 aliphatic carbocycles. The summed E-state index contributed by atoms with van der Waals surface area (Å²) < 4.78 is 32.5. The van der Waals surface area contributed by atoms with Crippen LogP contribution in [0.5, 0.6) is 0 Å². The number of rotatable bonds is 7. The second kappa shape index (κ2) is 9.88. The van der Waals surface area contributed by atoms with Gasteiger partial charge in [0.05, 0.1) is 5.41 Å². The molecule has 166 valence electrons. The molecule has 2 heterocycles. The second-order valence-electron chi connectivity index (χ2n) is 8.70. The molecule has 0 bridgehead atoms. The molecule has 4 rings (SSSR count). The highest BCUT2D eigenvalue weighted by Crippen LogP contribution is 2.36. The Morgan fingerprint density at radius 2 is 1.74 bits per heavy atom. The van der Waals surface area contributed by atoms with Crippen molar-refractivity contribution in [3.63, 3.8) is 0 Å². The van der Waals surface area contributed by atoms with Gasteiger partial charge < -0.3 is 15.0 Å². The Hall–Kier alpha value is -2.31. The Bertz CT molecular complexity index is 906. The largest absolute Gasteiger partial charge is 0.381 e. The van der Waals surface area contributed by atoms with Crippen LogP contribution >= 0.6 is 0 Å². The summed E-state index contributed by atoms with van der Waals surface area (Å²) in [6, 6.07) is 11.7. The molecule has 0 atom stereocenters. The van der Waals surface area contributed by atoms with Crippen molar-refractivity contribution < 1.29 is 18.3 Å². The van der Waals surface area contributed by atoms with Crippen LogP contribution in [-0.4, -0.2) is 50.2 Å². The van der Waals surface area contributed by atoms with Crippen LogP contribution in [0.1, 0.15) is 31.2 Å². The first-order chi connectivity index (χ1) is 15.1. The van der Waals surface area contributed by atoms with E-state index in [9.17, 15) is 13.6 Å². The summed E-state index contributed by atoms with van der Waals surface area (Å²) in [4.78, 5) is 15.6. The van der Waals surface area contributed by atoms with E-state index in [4.69, 9.17) is 4.74 Å². The molecule has 4 nitrogen and oxygen atoms in total. The number of amides is 1. The van der Waals surface area contributed by atoms with Crippen LogP contribution in [0.25, 0.3) is 11.1 Å². The quantitative estimate of drug-likeness (QED) is 0.719. The van der Waals surface area contributed by atoms with Crippen molar-refractivity contribution in [1.29, 1.82) is 0 Å². The SMILES string of the molecule is O=C(NCCN1CCCC1)C1(Cc2cccc(-c3ccc(F)c(F)c3)c2)CCOCC1. The number of likely N-dealkylation sites (tertiary alicyclic amines) is 1. The lowest BCUT2D eigenvalue weighted by Gasteiger charge is -2.36. The molecule has 2 aliphatic rings. The zero-order valence-corrected chi connectivity index (χ0v) is 17.8. The normalized spacial score (nSPS) is 18.8. The van der Waals surface area contributed by atoms with E-state index < -0.39 is 17.0 Å². The molecule has 31 heavy (non-hydrogen) atoms. The van der Waals surface area contributed by atoms with Crippen LogP contribution in [0, 0.1) is 17.0 Å². The standard InChI is InChI=1S/C25H30F2N2O2/c26-22-7-6-21(17-23(22)27)20-5-3-4-19(16-20)18-25(8-14-31-15-9-25)24(30)28-10-13-29-11-1-2-12-29/h3-7,16-17H,1-2,8-15,18H2,(H,28,30). The zero-order valence-electron chi connectivity index (χ0n) is 17.8. The fourth-order valence-electron chi connectivity index (χ4n) is 4.69. The molecule has 6 heteroatoms. The van der Waals surface area contributed by atoms with E-state index in [1.807, 2.05) is 24.3 Å². The Balaban J connectivity index is 1.48. The first-order valence-electron chi connectivity index (χ1n) is 11.2. The maximum Gasteiger partial charge on any atom is 0.226 e. The molecule has 0 saturated carbocycles. The number of carbonyl (C=O) groups excluding carboxylic acids is 1.